The number of hydrogen-bond donors (Lipinski definition) is 0. The summed E-state index contributed by atoms with van der Waals surface area (Å²) in [4.78, 5) is 10.9. The van der Waals surface area contributed by atoms with Gasteiger partial charge in [0.1, 0.15) is 5.82 Å². The maximum absolute atomic E-state index is 13.2. The molecule has 0 aromatic heterocycles. The van der Waals surface area contributed by atoms with E-state index < -0.39 is 11.8 Å². The molecule has 14 heavy (non-hydrogen) atoms. The van der Waals surface area contributed by atoms with Gasteiger partial charge in [-0.25, -0.2) is 4.39 Å². The Morgan fingerprint density at radius 1 is 1.64 bits per heavy atom. The van der Waals surface area contributed by atoms with E-state index in [0.29, 0.717) is 9.50 Å². The van der Waals surface area contributed by atoms with Gasteiger partial charge in [-0.1, -0.05) is 11.6 Å². The van der Waals surface area contributed by atoms with Crippen molar-refractivity contribution in [3.8, 4) is 0 Å². The molecule has 0 aliphatic heterocycles. The van der Waals surface area contributed by atoms with Crippen LogP contribution in [-0.2, 0) is 16.0 Å². The Balaban J connectivity index is 3.06. The molecule has 1 aromatic rings. The van der Waals surface area contributed by atoms with Crippen molar-refractivity contribution in [2.24, 2.45) is 0 Å². The van der Waals surface area contributed by atoms with Gasteiger partial charge >= 0.3 is 5.97 Å². The quantitative estimate of drug-likeness (QED) is 0.615. The van der Waals surface area contributed by atoms with E-state index in [-0.39, 0.29) is 12.0 Å². The second-order valence-corrected chi connectivity index (χ2v) is 3.77. The van der Waals surface area contributed by atoms with Crippen LogP contribution in [0.4, 0.5) is 4.39 Å². The van der Waals surface area contributed by atoms with Gasteiger partial charge in [0.25, 0.3) is 0 Å². The lowest BCUT2D eigenvalue weighted by molar-refractivity contribution is -0.139. The smallest absolute Gasteiger partial charge is 0.310 e. The SMILES string of the molecule is COC(=O)Cc1c(F)ccc(Cl)c1Br. The molecule has 0 aliphatic carbocycles. The molecule has 0 amide bonds. The van der Waals surface area contributed by atoms with E-state index in [4.69, 9.17) is 11.6 Å². The highest BCUT2D eigenvalue weighted by molar-refractivity contribution is 9.10. The van der Waals surface area contributed by atoms with Gasteiger partial charge in [-0.3, -0.25) is 4.79 Å². The van der Waals surface area contributed by atoms with Crippen LogP contribution in [0.5, 0.6) is 0 Å². The maximum atomic E-state index is 13.2. The predicted molar refractivity (Wildman–Crippen MR) is 54.8 cm³/mol. The van der Waals surface area contributed by atoms with E-state index in [1.54, 1.807) is 0 Å². The average molecular weight is 282 g/mol. The van der Waals surface area contributed by atoms with Crippen LogP contribution in [0.3, 0.4) is 0 Å². The Hall–Kier alpha value is -0.610. The number of methoxy groups -OCH3 is 1. The summed E-state index contributed by atoms with van der Waals surface area (Å²) in [7, 11) is 1.25. The largest absolute Gasteiger partial charge is 0.469 e. The van der Waals surface area contributed by atoms with Crippen molar-refractivity contribution in [1.82, 2.24) is 0 Å². The van der Waals surface area contributed by atoms with Crippen LogP contribution in [0.2, 0.25) is 5.02 Å². The zero-order valence-corrected chi connectivity index (χ0v) is 9.65. The van der Waals surface area contributed by atoms with Crippen molar-refractivity contribution in [3.05, 3.63) is 33.0 Å². The van der Waals surface area contributed by atoms with Crippen LogP contribution in [0.25, 0.3) is 0 Å². The van der Waals surface area contributed by atoms with Gasteiger partial charge in [-0.05, 0) is 28.1 Å². The lowest BCUT2D eigenvalue weighted by Gasteiger charge is -2.06. The Morgan fingerprint density at radius 2 is 2.29 bits per heavy atom. The van der Waals surface area contributed by atoms with Crippen LogP contribution in [0.1, 0.15) is 5.56 Å². The van der Waals surface area contributed by atoms with Crippen LogP contribution in [0, 0.1) is 5.82 Å². The minimum absolute atomic E-state index is 0.135. The van der Waals surface area contributed by atoms with Gasteiger partial charge in [0.2, 0.25) is 0 Å². The number of benzene rings is 1. The van der Waals surface area contributed by atoms with Crippen LogP contribution >= 0.6 is 27.5 Å². The van der Waals surface area contributed by atoms with E-state index in [9.17, 15) is 9.18 Å². The Bertz CT molecular complexity index is 368. The van der Waals surface area contributed by atoms with Gasteiger partial charge in [0.15, 0.2) is 0 Å². The lowest BCUT2D eigenvalue weighted by atomic mass is 10.1. The molecule has 0 spiro atoms. The normalized spacial score (nSPS) is 10.0. The number of hydrogen-bond acceptors (Lipinski definition) is 2. The molecular formula is C9H7BrClFO2. The van der Waals surface area contributed by atoms with Crippen molar-refractivity contribution in [2.45, 2.75) is 6.42 Å². The second-order valence-electron chi connectivity index (χ2n) is 2.57. The van der Waals surface area contributed by atoms with Gasteiger partial charge in [0.05, 0.1) is 18.6 Å². The molecule has 0 aliphatic rings. The van der Waals surface area contributed by atoms with E-state index in [2.05, 4.69) is 20.7 Å². The number of carbonyl (C=O) groups excluding carboxylic acids is 1. The number of rotatable bonds is 2. The highest BCUT2D eigenvalue weighted by atomic mass is 79.9. The molecule has 0 heterocycles. The fourth-order valence-electron chi connectivity index (χ4n) is 0.948. The van der Waals surface area contributed by atoms with E-state index >= 15 is 0 Å². The molecule has 5 heteroatoms. The average Bonchev–Trinajstić information content (AvgIpc) is 2.18. The third-order valence-corrected chi connectivity index (χ3v) is 3.14. The van der Waals surface area contributed by atoms with Gasteiger partial charge < -0.3 is 4.74 Å². The standard InChI is InChI=1S/C9H7BrClFO2/c1-14-8(13)4-5-7(12)3-2-6(11)9(5)10/h2-3H,4H2,1H3. The number of ether oxygens (including phenoxy) is 1. The molecular weight excluding hydrogens is 274 g/mol. The molecule has 0 saturated carbocycles. The molecule has 0 fully saturated rings. The minimum atomic E-state index is -0.508. The molecule has 0 unspecified atom stereocenters. The van der Waals surface area contributed by atoms with Crippen LogP contribution in [0.15, 0.2) is 16.6 Å². The minimum Gasteiger partial charge on any atom is -0.469 e. The van der Waals surface area contributed by atoms with Gasteiger partial charge in [-0.15, -0.1) is 0 Å². The van der Waals surface area contributed by atoms with E-state index in [1.165, 1.54) is 19.2 Å². The summed E-state index contributed by atoms with van der Waals surface area (Å²) in [6.45, 7) is 0. The van der Waals surface area contributed by atoms with E-state index in [0.717, 1.165) is 0 Å². The second kappa shape index (κ2) is 4.75. The van der Waals surface area contributed by atoms with Crippen molar-refractivity contribution in [3.63, 3.8) is 0 Å². The molecule has 0 bridgehead atoms. The Kier molecular flexibility index (Phi) is 3.89. The third kappa shape index (κ3) is 2.45. The number of esters is 1. The van der Waals surface area contributed by atoms with Crippen molar-refractivity contribution >= 4 is 33.5 Å². The van der Waals surface area contributed by atoms with Crippen molar-refractivity contribution < 1.29 is 13.9 Å². The van der Waals surface area contributed by atoms with Crippen LogP contribution < -0.4 is 0 Å². The zero-order valence-electron chi connectivity index (χ0n) is 7.31. The highest BCUT2D eigenvalue weighted by Crippen LogP contribution is 2.28. The Morgan fingerprint density at radius 3 is 2.86 bits per heavy atom. The maximum Gasteiger partial charge on any atom is 0.310 e. The first kappa shape index (κ1) is 11.5. The van der Waals surface area contributed by atoms with Crippen molar-refractivity contribution in [2.75, 3.05) is 7.11 Å². The molecule has 0 atom stereocenters. The zero-order chi connectivity index (χ0) is 10.7. The van der Waals surface area contributed by atoms with Crippen LogP contribution in [-0.4, -0.2) is 13.1 Å². The first-order valence-electron chi connectivity index (χ1n) is 3.75. The number of halogens is 3. The fraction of sp³-hybridized carbons (Fsp3) is 0.222. The fourth-order valence-corrected chi connectivity index (χ4v) is 1.59. The lowest BCUT2D eigenvalue weighted by Crippen LogP contribution is -2.07. The highest BCUT2D eigenvalue weighted by Gasteiger charge is 2.14. The molecule has 0 N–H and O–H groups in total. The van der Waals surface area contributed by atoms with Gasteiger partial charge in [-0.2, -0.15) is 0 Å². The molecule has 1 rings (SSSR count). The first-order chi connectivity index (χ1) is 6.56. The molecule has 1 aromatic carbocycles. The van der Waals surface area contributed by atoms with Crippen molar-refractivity contribution in [1.29, 1.82) is 0 Å². The molecule has 76 valence electrons. The Labute approximate surface area is 94.1 Å². The first-order valence-corrected chi connectivity index (χ1v) is 4.92. The summed E-state index contributed by atoms with van der Waals surface area (Å²) in [5, 5.41) is 0.366. The summed E-state index contributed by atoms with van der Waals surface area (Å²) in [6.07, 6.45) is -0.135. The number of carbonyl (C=O) groups is 1. The summed E-state index contributed by atoms with van der Waals surface area (Å²) < 4.78 is 18.1. The molecule has 2 nitrogen and oxygen atoms in total. The van der Waals surface area contributed by atoms with E-state index in [1.807, 2.05) is 0 Å². The summed E-state index contributed by atoms with van der Waals surface area (Å²) in [5.74, 6) is -0.987. The van der Waals surface area contributed by atoms with Gasteiger partial charge in [0, 0.05) is 10.0 Å². The summed E-state index contributed by atoms with van der Waals surface area (Å²) in [6, 6.07) is 2.63. The molecule has 0 radical (unpaired) electrons. The topological polar surface area (TPSA) is 26.3 Å². The predicted octanol–water partition coefficient (Wildman–Crippen LogP) is 2.96. The third-order valence-electron chi connectivity index (χ3n) is 1.69. The summed E-state index contributed by atoms with van der Waals surface area (Å²) in [5.41, 5.74) is 0.212. The molecule has 0 saturated heterocycles. The monoisotopic (exact) mass is 280 g/mol. The summed E-state index contributed by atoms with van der Waals surface area (Å²) >= 11 is 8.86.